The van der Waals surface area contributed by atoms with Gasteiger partial charge in [-0.1, -0.05) is 70.4 Å². The van der Waals surface area contributed by atoms with E-state index < -0.39 is 32.1 Å². The maximum absolute atomic E-state index is 12.8. The topological polar surface area (TPSA) is 52.3 Å². The van der Waals surface area contributed by atoms with Gasteiger partial charge in [-0.15, -0.1) is 0 Å². The van der Waals surface area contributed by atoms with Gasteiger partial charge in [0, 0.05) is 0 Å². The van der Waals surface area contributed by atoms with E-state index in [0.717, 1.165) is 38.3 Å². The maximum atomic E-state index is 12.8. The molecule has 32 heavy (non-hydrogen) atoms. The molecule has 1 heterocycles. The number of hydrogen-bond acceptors (Lipinski definition) is 4. The molecule has 1 atom stereocenters. The smallest absolute Gasteiger partial charge is 0.434 e. The zero-order chi connectivity index (χ0) is 24.0. The van der Waals surface area contributed by atoms with E-state index >= 15 is 0 Å². The normalized spacial score (nSPS) is 13.9. The van der Waals surface area contributed by atoms with Gasteiger partial charge in [0.1, 0.15) is 6.10 Å². The number of benzene rings is 1. The van der Waals surface area contributed by atoms with Crippen molar-refractivity contribution < 1.29 is 26.8 Å². The molecule has 2 aromatic rings. The molecule has 0 fully saturated rings. The van der Waals surface area contributed by atoms with Gasteiger partial charge in [-0.3, -0.25) is 4.79 Å². The van der Waals surface area contributed by atoms with Crippen LogP contribution in [0.15, 0.2) is 40.9 Å². The Morgan fingerprint density at radius 1 is 1.06 bits per heavy atom. The molecule has 1 unspecified atom stereocenters. The van der Waals surface area contributed by atoms with Gasteiger partial charge >= 0.3 is 12.0 Å². The highest BCUT2D eigenvalue weighted by Gasteiger charge is 2.43. The minimum absolute atomic E-state index is 0.0479. The molecule has 178 valence electrons. The van der Waals surface area contributed by atoms with Gasteiger partial charge in [0.05, 0.1) is 6.20 Å². The van der Waals surface area contributed by atoms with Crippen molar-refractivity contribution in [3.63, 3.8) is 0 Å². The number of alkyl halides is 3. The Balaban J connectivity index is 2.00. The molecule has 0 saturated carbocycles. The van der Waals surface area contributed by atoms with Crippen molar-refractivity contribution in [1.82, 2.24) is 4.98 Å². The number of aryl methyl sites for hydroxylation is 1. The van der Waals surface area contributed by atoms with E-state index in [1.165, 1.54) is 5.56 Å². The Bertz CT molecular complexity index is 857. The lowest BCUT2D eigenvalue weighted by atomic mass is 10.0. The number of carbonyl (C=O) groups excluding carboxylic acids is 1. The summed E-state index contributed by atoms with van der Waals surface area (Å²) in [6, 6.07) is 10.3. The van der Waals surface area contributed by atoms with E-state index in [1.54, 1.807) is 0 Å². The summed E-state index contributed by atoms with van der Waals surface area (Å²) in [6.45, 7) is 10.4. The van der Waals surface area contributed by atoms with E-state index in [9.17, 15) is 18.0 Å². The molecule has 4 nitrogen and oxygen atoms in total. The number of ketones is 1. The fourth-order valence-corrected chi connectivity index (χ4v) is 4.39. The van der Waals surface area contributed by atoms with E-state index in [0.29, 0.717) is 6.42 Å². The summed E-state index contributed by atoms with van der Waals surface area (Å²) in [7, 11) is -2.23. The van der Waals surface area contributed by atoms with E-state index in [2.05, 4.69) is 51.0 Å². The minimum Gasteiger partial charge on any atom is -0.434 e. The summed E-state index contributed by atoms with van der Waals surface area (Å²) in [5.41, 5.74) is 1.31. The number of rotatable bonds is 11. The average Bonchev–Trinajstić information content (AvgIpc) is 3.18. The summed E-state index contributed by atoms with van der Waals surface area (Å²) < 4.78 is 49.9. The average molecular weight is 470 g/mol. The van der Waals surface area contributed by atoms with Crippen LogP contribution in [0.2, 0.25) is 18.1 Å². The highest BCUT2D eigenvalue weighted by molar-refractivity contribution is 6.74. The van der Waals surface area contributed by atoms with Crippen LogP contribution in [-0.2, 0) is 10.8 Å². The standard InChI is InChI=1S/C24H34F3NO3Si/c1-23(2,3)32(4,5)31-19(22-28-17-20(30-22)21(29)24(25,26)27)16-12-7-6-9-13-18-14-10-8-11-15-18/h8,10-11,14-15,17,19H,6-7,9,12-13,16H2,1-5H3. The molecule has 2 rings (SSSR count). The molecule has 0 aliphatic heterocycles. The zero-order valence-electron chi connectivity index (χ0n) is 19.6. The number of nitrogens with zero attached hydrogens (tertiary/aromatic N) is 1. The fourth-order valence-electron chi connectivity index (χ4n) is 3.10. The maximum Gasteiger partial charge on any atom is 0.458 e. The molecule has 0 spiro atoms. The lowest BCUT2D eigenvalue weighted by molar-refractivity contribution is -0.0900. The van der Waals surface area contributed by atoms with Gasteiger partial charge in [0.25, 0.3) is 0 Å². The van der Waals surface area contributed by atoms with Gasteiger partial charge in [0.2, 0.25) is 5.89 Å². The second kappa shape index (κ2) is 10.8. The van der Waals surface area contributed by atoms with Crippen molar-refractivity contribution in [1.29, 1.82) is 0 Å². The minimum atomic E-state index is -4.99. The predicted molar refractivity (Wildman–Crippen MR) is 121 cm³/mol. The van der Waals surface area contributed by atoms with Crippen molar-refractivity contribution in [3.8, 4) is 0 Å². The lowest BCUT2D eigenvalue weighted by Crippen LogP contribution is -2.41. The molecule has 0 aliphatic rings. The molecule has 0 radical (unpaired) electrons. The Kier molecular flexibility index (Phi) is 8.87. The SMILES string of the molecule is CC(C)(C)[Si](C)(C)OC(CCCCCCc1ccccc1)c1ncc(C(=O)C(F)(F)F)o1. The van der Waals surface area contributed by atoms with Crippen molar-refractivity contribution in [2.24, 2.45) is 0 Å². The van der Waals surface area contributed by atoms with Gasteiger partial charge in [-0.25, -0.2) is 4.98 Å². The molecule has 0 N–H and O–H groups in total. The first-order chi connectivity index (χ1) is 14.8. The molecule has 8 heteroatoms. The first-order valence-corrected chi connectivity index (χ1v) is 14.0. The first kappa shape index (κ1) is 26.3. The molecule has 0 aliphatic carbocycles. The lowest BCUT2D eigenvalue weighted by Gasteiger charge is -2.38. The Labute approximate surface area is 189 Å². The summed E-state index contributed by atoms with van der Waals surface area (Å²) in [5.74, 6) is -2.77. The van der Waals surface area contributed by atoms with Crippen LogP contribution in [0, 0.1) is 0 Å². The van der Waals surface area contributed by atoms with Crippen molar-refractivity contribution in [3.05, 3.63) is 53.7 Å². The van der Waals surface area contributed by atoms with Crippen LogP contribution in [0.4, 0.5) is 13.2 Å². The fraction of sp³-hybridized carbons (Fsp3) is 0.583. The van der Waals surface area contributed by atoms with Gasteiger partial charge < -0.3 is 8.84 Å². The van der Waals surface area contributed by atoms with Crippen LogP contribution in [0.25, 0.3) is 0 Å². The Morgan fingerprint density at radius 3 is 2.28 bits per heavy atom. The van der Waals surface area contributed by atoms with Crippen molar-refractivity contribution in [2.75, 3.05) is 0 Å². The van der Waals surface area contributed by atoms with Crippen LogP contribution in [-0.4, -0.2) is 25.3 Å². The zero-order valence-corrected chi connectivity index (χ0v) is 20.6. The van der Waals surface area contributed by atoms with E-state index in [-0.39, 0.29) is 10.9 Å². The third kappa shape index (κ3) is 7.58. The monoisotopic (exact) mass is 469 g/mol. The molecule has 0 saturated heterocycles. The van der Waals surface area contributed by atoms with Crippen LogP contribution < -0.4 is 0 Å². The van der Waals surface area contributed by atoms with Gasteiger partial charge in [-0.05, 0) is 43.0 Å². The third-order valence-electron chi connectivity index (χ3n) is 6.05. The summed E-state index contributed by atoms with van der Waals surface area (Å²) in [5, 5.41) is -0.0852. The van der Waals surface area contributed by atoms with Crippen molar-refractivity contribution in [2.45, 2.75) is 89.7 Å². The Morgan fingerprint density at radius 2 is 1.69 bits per heavy atom. The Hall–Kier alpha value is -1.93. The second-order valence-corrected chi connectivity index (χ2v) is 14.5. The van der Waals surface area contributed by atoms with E-state index in [1.807, 2.05) is 18.2 Å². The summed E-state index contributed by atoms with van der Waals surface area (Å²) >= 11 is 0. The molecule has 1 aromatic heterocycles. The molecular weight excluding hydrogens is 435 g/mol. The summed E-state index contributed by atoms with van der Waals surface area (Å²) in [6.07, 6.45) is 0.813. The second-order valence-electron chi connectivity index (χ2n) is 9.69. The molecule has 1 aromatic carbocycles. The van der Waals surface area contributed by atoms with Gasteiger partial charge in [-0.2, -0.15) is 13.2 Å². The molecule has 0 bridgehead atoms. The summed E-state index contributed by atoms with van der Waals surface area (Å²) in [4.78, 5) is 15.5. The molecule has 0 amide bonds. The predicted octanol–water partition coefficient (Wildman–Crippen LogP) is 7.68. The first-order valence-electron chi connectivity index (χ1n) is 11.1. The quantitative estimate of drug-likeness (QED) is 0.192. The number of carbonyl (C=O) groups is 1. The van der Waals surface area contributed by atoms with Crippen LogP contribution in [0.5, 0.6) is 0 Å². The number of oxazole rings is 1. The van der Waals surface area contributed by atoms with E-state index in [4.69, 9.17) is 8.84 Å². The highest BCUT2D eigenvalue weighted by atomic mass is 28.4. The number of aromatic nitrogens is 1. The number of halogens is 3. The van der Waals surface area contributed by atoms with Crippen LogP contribution in [0.3, 0.4) is 0 Å². The van der Waals surface area contributed by atoms with Crippen molar-refractivity contribution >= 4 is 14.1 Å². The number of Topliss-reactive ketones (excluding diaryl/α,β-unsaturated/α-hetero) is 1. The largest absolute Gasteiger partial charge is 0.458 e. The number of hydrogen-bond donors (Lipinski definition) is 0. The van der Waals surface area contributed by atoms with Crippen LogP contribution >= 0.6 is 0 Å². The highest BCUT2D eigenvalue weighted by Crippen LogP contribution is 2.41. The molecular formula is C24H34F3NO3Si. The number of unbranched alkanes of at least 4 members (excludes halogenated alkanes) is 3. The van der Waals surface area contributed by atoms with Crippen LogP contribution in [0.1, 0.15) is 81.0 Å². The third-order valence-corrected chi connectivity index (χ3v) is 10.5. The van der Waals surface area contributed by atoms with Gasteiger partial charge in [0.15, 0.2) is 14.1 Å².